The number of hydrogen-bond acceptors (Lipinski definition) is 3. The predicted octanol–water partition coefficient (Wildman–Crippen LogP) is 0.426. The van der Waals surface area contributed by atoms with Crippen LogP contribution in [0.1, 0.15) is 19.8 Å². The summed E-state index contributed by atoms with van der Waals surface area (Å²) in [7, 11) is 0. The Morgan fingerprint density at radius 2 is 2.22 bits per heavy atom. The molecule has 0 amide bonds. The summed E-state index contributed by atoms with van der Waals surface area (Å²) in [4.78, 5) is 0. The quantitative estimate of drug-likeness (QED) is 0.501. The van der Waals surface area contributed by atoms with Gasteiger partial charge in [-0.05, 0) is 18.8 Å². The lowest BCUT2D eigenvalue weighted by atomic mass is 9.99. The Morgan fingerprint density at radius 1 is 1.56 bits per heavy atom. The molecule has 1 aliphatic heterocycles. The molecule has 3 heteroatoms. The molecule has 54 valence electrons. The number of nitrogens with zero attached hydrogens (tertiary/aromatic N) is 1. The molecule has 1 fully saturated rings. The van der Waals surface area contributed by atoms with Gasteiger partial charge < -0.3 is 10.3 Å². The van der Waals surface area contributed by atoms with Crippen LogP contribution in [0.2, 0.25) is 0 Å². The minimum absolute atomic E-state index is 0.545. The Morgan fingerprint density at radius 3 is 2.67 bits per heavy atom. The van der Waals surface area contributed by atoms with Gasteiger partial charge in [-0.15, -0.1) is 0 Å². The molecule has 1 heterocycles. The van der Waals surface area contributed by atoms with Crippen molar-refractivity contribution in [1.82, 2.24) is 5.06 Å². The predicted molar refractivity (Wildman–Crippen MR) is 32.9 cm³/mol. The van der Waals surface area contributed by atoms with E-state index < -0.39 is 6.23 Å². The minimum Gasteiger partial charge on any atom is -0.376 e. The van der Waals surface area contributed by atoms with Crippen LogP contribution in [0.25, 0.3) is 0 Å². The van der Waals surface area contributed by atoms with E-state index >= 15 is 0 Å². The fraction of sp³-hybridized carbons (Fsp3) is 1.00. The van der Waals surface area contributed by atoms with E-state index in [1.807, 2.05) is 0 Å². The monoisotopic (exact) mass is 131 g/mol. The Hall–Kier alpha value is -0.120. The van der Waals surface area contributed by atoms with Crippen molar-refractivity contribution in [3.8, 4) is 0 Å². The molecule has 1 rings (SSSR count). The van der Waals surface area contributed by atoms with Crippen molar-refractivity contribution >= 4 is 0 Å². The van der Waals surface area contributed by atoms with Gasteiger partial charge in [-0.3, -0.25) is 0 Å². The van der Waals surface area contributed by atoms with Gasteiger partial charge >= 0.3 is 0 Å². The Bertz CT molecular complexity index is 97.1. The highest BCUT2D eigenvalue weighted by Crippen LogP contribution is 2.18. The lowest BCUT2D eigenvalue weighted by Crippen LogP contribution is -2.39. The highest BCUT2D eigenvalue weighted by molar-refractivity contribution is 4.66. The molecule has 9 heavy (non-hydrogen) atoms. The number of hydroxylamine groups is 2. The van der Waals surface area contributed by atoms with Gasteiger partial charge in [-0.2, -0.15) is 5.06 Å². The Labute approximate surface area is 54.9 Å². The summed E-state index contributed by atoms with van der Waals surface area (Å²) in [5.41, 5.74) is 0. The molecule has 0 aromatic carbocycles. The largest absolute Gasteiger partial charge is 0.376 e. The normalized spacial score (nSPS) is 39.0. The SMILES string of the molecule is CC1CCN(O)C(O)C1. The van der Waals surface area contributed by atoms with Crippen LogP contribution >= 0.6 is 0 Å². The highest BCUT2D eigenvalue weighted by atomic mass is 16.5. The first-order valence-electron chi connectivity index (χ1n) is 3.33. The first-order valence-corrected chi connectivity index (χ1v) is 3.33. The minimum atomic E-state index is -0.631. The molecular formula is C6H13NO2. The Balaban J connectivity index is 2.35. The lowest BCUT2D eigenvalue weighted by molar-refractivity contribution is -0.217. The molecule has 0 saturated carbocycles. The summed E-state index contributed by atoms with van der Waals surface area (Å²) in [5, 5.41) is 18.9. The second-order valence-electron chi connectivity index (χ2n) is 2.77. The summed E-state index contributed by atoms with van der Waals surface area (Å²) in [5.74, 6) is 0.545. The van der Waals surface area contributed by atoms with Crippen LogP contribution in [0.5, 0.6) is 0 Å². The highest BCUT2D eigenvalue weighted by Gasteiger charge is 2.22. The third kappa shape index (κ3) is 1.64. The van der Waals surface area contributed by atoms with Crippen molar-refractivity contribution in [1.29, 1.82) is 0 Å². The van der Waals surface area contributed by atoms with E-state index in [2.05, 4.69) is 6.92 Å². The van der Waals surface area contributed by atoms with Crippen molar-refractivity contribution in [2.24, 2.45) is 5.92 Å². The molecule has 0 radical (unpaired) electrons. The lowest BCUT2D eigenvalue weighted by Gasteiger charge is -2.29. The van der Waals surface area contributed by atoms with Gasteiger partial charge in [0, 0.05) is 6.54 Å². The van der Waals surface area contributed by atoms with Gasteiger partial charge in [0.2, 0.25) is 0 Å². The second kappa shape index (κ2) is 2.64. The van der Waals surface area contributed by atoms with Crippen LogP contribution in [-0.4, -0.2) is 28.1 Å². The van der Waals surface area contributed by atoms with Crippen molar-refractivity contribution in [2.75, 3.05) is 6.54 Å². The van der Waals surface area contributed by atoms with E-state index in [1.54, 1.807) is 0 Å². The van der Waals surface area contributed by atoms with E-state index in [0.29, 0.717) is 18.9 Å². The van der Waals surface area contributed by atoms with Gasteiger partial charge in [0.05, 0.1) is 0 Å². The van der Waals surface area contributed by atoms with Crippen LogP contribution < -0.4 is 0 Å². The molecule has 2 atom stereocenters. The van der Waals surface area contributed by atoms with Gasteiger partial charge in [0.25, 0.3) is 0 Å². The molecule has 0 aliphatic carbocycles. The van der Waals surface area contributed by atoms with Crippen LogP contribution in [-0.2, 0) is 0 Å². The maximum absolute atomic E-state index is 9.02. The third-order valence-electron chi connectivity index (χ3n) is 1.81. The van der Waals surface area contributed by atoms with E-state index in [1.165, 1.54) is 0 Å². The number of aliphatic hydroxyl groups is 1. The zero-order valence-electron chi connectivity index (χ0n) is 5.62. The smallest absolute Gasteiger partial charge is 0.129 e. The number of aliphatic hydroxyl groups excluding tert-OH is 1. The molecule has 2 unspecified atom stereocenters. The molecule has 0 bridgehead atoms. The van der Waals surface area contributed by atoms with E-state index in [4.69, 9.17) is 10.3 Å². The molecule has 2 N–H and O–H groups in total. The third-order valence-corrected chi connectivity index (χ3v) is 1.81. The van der Waals surface area contributed by atoms with E-state index in [-0.39, 0.29) is 0 Å². The number of hydrogen-bond donors (Lipinski definition) is 2. The second-order valence-corrected chi connectivity index (χ2v) is 2.77. The van der Waals surface area contributed by atoms with E-state index in [0.717, 1.165) is 11.5 Å². The summed E-state index contributed by atoms with van der Waals surface area (Å²) >= 11 is 0. The van der Waals surface area contributed by atoms with Gasteiger partial charge in [-0.1, -0.05) is 6.92 Å². The summed E-state index contributed by atoms with van der Waals surface area (Å²) in [6, 6.07) is 0. The average molecular weight is 131 g/mol. The zero-order chi connectivity index (χ0) is 6.85. The number of rotatable bonds is 0. The maximum atomic E-state index is 9.02. The van der Waals surface area contributed by atoms with Gasteiger partial charge in [-0.25, -0.2) is 0 Å². The van der Waals surface area contributed by atoms with Crippen molar-refractivity contribution in [3.05, 3.63) is 0 Å². The van der Waals surface area contributed by atoms with Crippen LogP contribution in [0.4, 0.5) is 0 Å². The van der Waals surface area contributed by atoms with Gasteiger partial charge in [0.1, 0.15) is 6.23 Å². The molecule has 1 saturated heterocycles. The molecule has 0 aromatic heterocycles. The molecular weight excluding hydrogens is 118 g/mol. The molecule has 3 nitrogen and oxygen atoms in total. The van der Waals surface area contributed by atoms with Crippen molar-refractivity contribution in [3.63, 3.8) is 0 Å². The van der Waals surface area contributed by atoms with Gasteiger partial charge in [0.15, 0.2) is 0 Å². The molecule has 1 aliphatic rings. The molecule has 0 aromatic rings. The average Bonchev–Trinajstić information content (AvgIpc) is 1.80. The molecule has 0 spiro atoms. The number of piperidine rings is 1. The zero-order valence-corrected chi connectivity index (χ0v) is 5.62. The fourth-order valence-corrected chi connectivity index (χ4v) is 1.10. The van der Waals surface area contributed by atoms with Crippen LogP contribution in [0.3, 0.4) is 0 Å². The first-order chi connectivity index (χ1) is 4.20. The fourth-order valence-electron chi connectivity index (χ4n) is 1.10. The Kier molecular flexibility index (Phi) is 2.05. The van der Waals surface area contributed by atoms with Crippen molar-refractivity contribution in [2.45, 2.75) is 26.0 Å². The van der Waals surface area contributed by atoms with E-state index in [9.17, 15) is 0 Å². The topological polar surface area (TPSA) is 43.7 Å². The van der Waals surface area contributed by atoms with Crippen molar-refractivity contribution < 1.29 is 10.3 Å². The summed E-state index contributed by atoms with van der Waals surface area (Å²) in [6.45, 7) is 2.68. The first kappa shape index (κ1) is 6.99. The van der Waals surface area contributed by atoms with Crippen LogP contribution in [0, 0.1) is 5.92 Å². The summed E-state index contributed by atoms with van der Waals surface area (Å²) in [6.07, 6.45) is 1.04. The standard InChI is InChI=1S/C6H13NO2/c1-5-2-3-7(9)6(8)4-5/h5-6,8-9H,2-4H2,1H3. The summed E-state index contributed by atoms with van der Waals surface area (Å²) < 4.78 is 0. The maximum Gasteiger partial charge on any atom is 0.129 e. The van der Waals surface area contributed by atoms with Crippen LogP contribution in [0.15, 0.2) is 0 Å².